The van der Waals surface area contributed by atoms with Gasteiger partial charge in [-0.2, -0.15) is 0 Å². The van der Waals surface area contributed by atoms with Gasteiger partial charge in [-0.05, 0) is 38.1 Å². The van der Waals surface area contributed by atoms with E-state index in [2.05, 4.69) is 10.0 Å². The average Bonchev–Trinajstić information content (AvgIpc) is 2.60. The van der Waals surface area contributed by atoms with Gasteiger partial charge in [0, 0.05) is 30.1 Å². The second kappa shape index (κ2) is 8.73. The lowest BCUT2D eigenvalue weighted by atomic mass is 10.1. The first-order chi connectivity index (χ1) is 12.3. The van der Waals surface area contributed by atoms with E-state index in [4.69, 9.17) is 0 Å². The molecular weight excluding hydrogens is 352 g/mol. The quantitative estimate of drug-likeness (QED) is 0.695. The zero-order valence-corrected chi connectivity index (χ0v) is 15.5. The first-order valence-electron chi connectivity index (χ1n) is 8.28. The predicted octanol–water partition coefficient (Wildman–Crippen LogP) is 2.97. The molecule has 0 fully saturated rings. The van der Waals surface area contributed by atoms with Gasteiger partial charge in [-0.3, -0.25) is 9.59 Å². The van der Waals surface area contributed by atoms with E-state index in [1.807, 2.05) is 6.07 Å². The van der Waals surface area contributed by atoms with Gasteiger partial charge in [0.05, 0.1) is 4.90 Å². The molecule has 2 aromatic rings. The van der Waals surface area contributed by atoms with Gasteiger partial charge in [0.25, 0.3) is 0 Å². The molecule has 0 saturated heterocycles. The fraction of sp³-hybridized carbons (Fsp3) is 0.263. The Balaban J connectivity index is 1.90. The van der Waals surface area contributed by atoms with E-state index in [1.165, 1.54) is 24.3 Å². The van der Waals surface area contributed by atoms with Gasteiger partial charge in [0.15, 0.2) is 5.78 Å². The number of carbonyl (C=O) groups is 2. The molecular formula is C19H22N2O4S. The minimum Gasteiger partial charge on any atom is -0.326 e. The highest BCUT2D eigenvalue weighted by Crippen LogP contribution is 2.15. The molecule has 1 amide bonds. The van der Waals surface area contributed by atoms with Crippen LogP contribution in [0, 0.1) is 0 Å². The normalized spacial score (nSPS) is 11.3. The number of hydrogen-bond donors (Lipinski definition) is 2. The number of ketones is 1. The standard InChI is InChI=1S/C19H22N2O4S/c1-14(2)21-26(24,25)17-10-8-16(9-11-17)20-19(23)13-12-18(22)15-6-4-3-5-7-15/h3-11,14,21H,12-13H2,1-2H3,(H,20,23). The zero-order chi connectivity index (χ0) is 19.2. The fourth-order valence-corrected chi connectivity index (χ4v) is 3.57. The molecule has 0 aromatic heterocycles. The largest absolute Gasteiger partial charge is 0.326 e. The van der Waals surface area contributed by atoms with Gasteiger partial charge < -0.3 is 5.32 Å². The third kappa shape index (κ3) is 5.79. The molecule has 0 aliphatic carbocycles. The van der Waals surface area contributed by atoms with E-state index in [0.717, 1.165) is 0 Å². The van der Waals surface area contributed by atoms with E-state index in [-0.39, 0.29) is 35.5 Å². The first-order valence-corrected chi connectivity index (χ1v) is 9.77. The molecule has 0 bridgehead atoms. The smallest absolute Gasteiger partial charge is 0.240 e. The summed E-state index contributed by atoms with van der Waals surface area (Å²) in [4.78, 5) is 24.1. The van der Waals surface area contributed by atoms with Gasteiger partial charge in [-0.1, -0.05) is 30.3 Å². The van der Waals surface area contributed by atoms with Crippen LogP contribution in [0.4, 0.5) is 5.69 Å². The van der Waals surface area contributed by atoms with Gasteiger partial charge in [-0.25, -0.2) is 13.1 Å². The predicted molar refractivity (Wildman–Crippen MR) is 101 cm³/mol. The summed E-state index contributed by atoms with van der Waals surface area (Å²) in [5, 5.41) is 2.66. The molecule has 2 N–H and O–H groups in total. The van der Waals surface area contributed by atoms with Crippen molar-refractivity contribution in [3.8, 4) is 0 Å². The van der Waals surface area contributed by atoms with Crippen LogP contribution >= 0.6 is 0 Å². The Kier molecular flexibility index (Phi) is 6.65. The van der Waals surface area contributed by atoms with Gasteiger partial charge >= 0.3 is 0 Å². The molecule has 0 radical (unpaired) electrons. The van der Waals surface area contributed by atoms with Gasteiger partial charge in [0.1, 0.15) is 0 Å². The Morgan fingerprint density at radius 1 is 0.923 bits per heavy atom. The summed E-state index contributed by atoms with van der Waals surface area (Å²) in [5.74, 6) is -0.396. The number of sulfonamides is 1. The van der Waals surface area contributed by atoms with E-state index in [0.29, 0.717) is 11.3 Å². The van der Waals surface area contributed by atoms with Crippen molar-refractivity contribution in [3.63, 3.8) is 0 Å². The van der Waals surface area contributed by atoms with Crippen LogP contribution in [0.25, 0.3) is 0 Å². The highest BCUT2D eigenvalue weighted by Gasteiger charge is 2.15. The SMILES string of the molecule is CC(C)NS(=O)(=O)c1ccc(NC(=O)CCC(=O)c2ccccc2)cc1. The molecule has 2 rings (SSSR count). The third-order valence-electron chi connectivity index (χ3n) is 3.51. The molecule has 138 valence electrons. The number of rotatable bonds is 8. The minimum atomic E-state index is -3.56. The Labute approximate surface area is 153 Å². The molecule has 0 spiro atoms. The van der Waals surface area contributed by atoms with Crippen molar-refractivity contribution in [1.29, 1.82) is 0 Å². The van der Waals surface area contributed by atoms with Crippen molar-refractivity contribution in [2.75, 3.05) is 5.32 Å². The molecule has 6 nitrogen and oxygen atoms in total. The zero-order valence-electron chi connectivity index (χ0n) is 14.7. The molecule has 0 aliphatic heterocycles. The number of anilines is 1. The van der Waals surface area contributed by atoms with Crippen LogP contribution in [0.5, 0.6) is 0 Å². The summed E-state index contributed by atoms with van der Waals surface area (Å²) in [5.41, 5.74) is 1.05. The Bertz CT molecular complexity index is 860. The number of nitrogens with one attached hydrogen (secondary N) is 2. The molecule has 26 heavy (non-hydrogen) atoms. The fourth-order valence-electron chi connectivity index (χ4n) is 2.31. The Morgan fingerprint density at radius 2 is 1.54 bits per heavy atom. The monoisotopic (exact) mass is 374 g/mol. The lowest BCUT2D eigenvalue weighted by Gasteiger charge is -2.10. The highest BCUT2D eigenvalue weighted by atomic mass is 32.2. The van der Waals surface area contributed by atoms with Crippen molar-refractivity contribution in [3.05, 3.63) is 60.2 Å². The molecule has 0 saturated carbocycles. The lowest BCUT2D eigenvalue weighted by molar-refractivity contribution is -0.116. The average molecular weight is 374 g/mol. The van der Waals surface area contributed by atoms with E-state index in [1.54, 1.807) is 38.1 Å². The summed E-state index contributed by atoms with van der Waals surface area (Å²) < 4.78 is 26.6. The Morgan fingerprint density at radius 3 is 2.12 bits per heavy atom. The van der Waals surface area contributed by atoms with E-state index >= 15 is 0 Å². The van der Waals surface area contributed by atoms with Crippen molar-refractivity contribution in [1.82, 2.24) is 4.72 Å². The van der Waals surface area contributed by atoms with Crippen LogP contribution in [-0.4, -0.2) is 26.2 Å². The van der Waals surface area contributed by atoms with Crippen molar-refractivity contribution in [2.45, 2.75) is 37.6 Å². The van der Waals surface area contributed by atoms with Crippen LogP contribution < -0.4 is 10.0 Å². The number of Topliss-reactive ketones (excluding diaryl/α,β-unsaturated/α-hetero) is 1. The van der Waals surface area contributed by atoms with Crippen molar-refractivity contribution in [2.24, 2.45) is 0 Å². The second-order valence-electron chi connectivity index (χ2n) is 6.14. The van der Waals surface area contributed by atoms with Crippen molar-refractivity contribution >= 4 is 27.4 Å². The van der Waals surface area contributed by atoms with Crippen LogP contribution in [0.2, 0.25) is 0 Å². The Hall–Kier alpha value is -2.51. The number of benzene rings is 2. The van der Waals surface area contributed by atoms with Crippen LogP contribution in [-0.2, 0) is 14.8 Å². The van der Waals surface area contributed by atoms with Gasteiger partial charge in [-0.15, -0.1) is 0 Å². The number of carbonyl (C=O) groups excluding carboxylic acids is 2. The lowest BCUT2D eigenvalue weighted by Crippen LogP contribution is -2.30. The first kappa shape index (κ1) is 19.8. The maximum Gasteiger partial charge on any atom is 0.240 e. The topological polar surface area (TPSA) is 92.3 Å². The van der Waals surface area contributed by atoms with Crippen molar-refractivity contribution < 1.29 is 18.0 Å². The molecule has 0 heterocycles. The van der Waals surface area contributed by atoms with Gasteiger partial charge in [0.2, 0.25) is 15.9 Å². The molecule has 7 heteroatoms. The molecule has 0 unspecified atom stereocenters. The van der Waals surface area contributed by atoms with Crippen LogP contribution in [0.15, 0.2) is 59.5 Å². The van der Waals surface area contributed by atoms with Crippen LogP contribution in [0.1, 0.15) is 37.0 Å². The number of amides is 1. The maximum absolute atomic E-state index is 12.1. The summed E-state index contributed by atoms with van der Waals surface area (Å²) in [6, 6.07) is 14.5. The van der Waals surface area contributed by atoms with Crippen LogP contribution in [0.3, 0.4) is 0 Å². The summed E-state index contributed by atoms with van der Waals surface area (Å²) >= 11 is 0. The molecule has 2 aromatic carbocycles. The molecule has 0 aliphatic rings. The molecule has 0 atom stereocenters. The van der Waals surface area contributed by atoms with E-state index < -0.39 is 10.0 Å². The second-order valence-corrected chi connectivity index (χ2v) is 7.85. The maximum atomic E-state index is 12.1. The number of hydrogen-bond acceptors (Lipinski definition) is 4. The third-order valence-corrected chi connectivity index (χ3v) is 5.19. The summed E-state index contributed by atoms with van der Waals surface area (Å²) in [6.07, 6.45) is 0.170. The summed E-state index contributed by atoms with van der Waals surface area (Å²) in [7, 11) is -3.56. The van der Waals surface area contributed by atoms with E-state index in [9.17, 15) is 18.0 Å². The minimum absolute atomic E-state index is 0.0582. The summed E-state index contributed by atoms with van der Waals surface area (Å²) in [6.45, 7) is 3.48. The highest BCUT2D eigenvalue weighted by molar-refractivity contribution is 7.89.